The summed E-state index contributed by atoms with van der Waals surface area (Å²) in [6, 6.07) is 15.4. The molecule has 3 rings (SSSR count). The van der Waals surface area contributed by atoms with Crippen molar-refractivity contribution in [2.75, 3.05) is 11.1 Å². The lowest BCUT2D eigenvalue weighted by molar-refractivity contribution is -0.137. The van der Waals surface area contributed by atoms with E-state index >= 15 is 0 Å². The second kappa shape index (κ2) is 8.62. The average Bonchev–Trinajstić information content (AvgIpc) is 2.67. The van der Waals surface area contributed by atoms with Crippen molar-refractivity contribution in [3.05, 3.63) is 71.2 Å². The molecule has 2 aromatic carbocycles. The van der Waals surface area contributed by atoms with Crippen molar-refractivity contribution < 1.29 is 18.0 Å². The van der Waals surface area contributed by atoms with Gasteiger partial charge in [0.25, 0.3) is 0 Å². The summed E-state index contributed by atoms with van der Waals surface area (Å²) < 4.78 is 38.9. The fraction of sp³-hybridized carbons (Fsp3) is 0.105. The van der Waals surface area contributed by atoms with Gasteiger partial charge >= 0.3 is 6.18 Å². The molecule has 0 unspecified atom stereocenters. The third-order valence-corrected chi connectivity index (χ3v) is 4.81. The SMILES string of the molecule is O=C(CSc1ccc(-c2ccc(Cl)cc2)nn1)Nc1ccccc1C(F)(F)F. The highest BCUT2D eigenvalue weighted by Gasteiger charge is 2.33. The number of anilines is 1. The smallest absolute Gasteiger partial charge is 0.325 e. The molecule has 1 amide bonds. The second-order valence-corrected chi connectivity index (χ2v) is 7.08. The van der Waals surface area contributed by atoms with Crippen molar-refractivity contribution in [3.8, 4) is 11.3 Å². The molecule has 9 heteroatoms. The maximum absolute atomic E-state index is 13.0. The molecule has 0 aliphatic rings. The molecule has 0 aliphatic heterocycles. The van der Waals surface area contributed by atoms with Crippen LogP contribution in [0.3, 0.4) is 0 Å². The van der Waals surface area contributed by atoms with Crippen molar-refractivity contribution in [2.24, 2.45) is 0 Å². The van der Waals surface area contributed by atoms with Gasteiger partial charge in [0.05, 0.1) is 22.7 Å². The second-order valence-electron chi connectivity index (χ2n) is 5.64. The fourth-order valence-corrected chi connectivity index (χ4v) is 3.08. The number of rotatable bonds is 5. The quantitative estimate of drug-likeness (QED) is 0.547. The molecule has 28 heavy (non-hydrogen) atoms. The van der Waals surface area contributed by atoms with E-state index in [0.717, 1.165) is 23.4 Å². The monoisotopic (exact) mass is 423 g/mol. The molecule has 144 valence electrons. The van der Waals surface area contributed by atoms with Crippen molar-refractivity contribution in [1.82, 2.24) is 10.2 Å². The number of aromatic nitrogens is 2. The van der Waals surface area contributed by atoms with Crippen LogP contribution < -0.4 is 5.32 Å². The summed E-state index contributed by atoms with van der Waals surface area (Å²) in [5, 5.41) is 11.5. The Morgan fingerprint density at radius 2 is 1.71 bits per heavy atom. The average molecular weight is 424 g/mol. The van der Waals surface area contributed by atoms with Crippen LogP contribution in [0.1, 0.15) is 5.56 Å². The van der Waals surface area contributed by atoms with E-state index in [1.54, 1.807) is 24.3 Å². The van der Waals surface area contributed by atoms with Gasteiger partial charge in [-0.3, -0.25) is 4.79 Å². The molecular weight excluding hydrogens is 411 g/mol. The Morgan fingerprint density at radius 3 is 2.36 bits per heavy atom. The predicted molar refractivity (Wildman–Crippen MR) is 103 cm³/mol. The van der Waals surface area contributed by atoms with Gasteiger partial charge in [-0.1, -0.05) is 47.6 Å². The van der Waals surface area contributed by atoms with Gasteiger partial charge in [0.1, 0.15) is 5.03 Å². The van der Waals surface area contributed by atoms with E-state index in [0.29, 0.717) is 15.7 Å². The van der Waals surface area contributed by atoms with E-state index < -0.39 is 17.6 Å². The molecule has 0 bridgehead atoms. The molecule has 1 heterocycles. The summed E-state index contributed by atoms with van der Waals surface area (Å²) in [5.74, 6) is -0.661. The maximum atomic E-state index is 13.0. The standard InChI is InChI=1S/C19H13ClF3N3OS/c20-13-7-5-12(6-8-13)15-9-10-18(26-25-15)28-11-17(27)24-16-4-2-1-3-14(16)19(21,22)23/h1-10H,11H2,(H,24,27). The van der Waals surface area contributed by atoms with E-state index in [2.05, 4.69) is 15.5 Å². The van der Waals surface area contributed by atoms with Crippen LogP contribution in [-0.2, 0) is 11.0 Å². The van der Waals surface area contributed by atoms with Gasteiger partial charge in [-0.2, -0.15) is 13.2 Å². The number of nitrogens with zero attached hydrogens (tertiary/aromatic N) is 2. The predicted octanol–water partition coefficient (Wildman–Crippen LogP) is 5.55. The summed E-state index contributed by atoms with van der Waals surface area (Å²) in [7, 11) is 0. The van der Waals surface area contributed by atoms with Gasteiger partial charge < -0.3 is 5.32 Å². The summed E-state index contributed by atoms with van der Waals surface area (Å²) in [4.78, 5) is 12.0. The molecule has 0 spiro atoms. The number of benzene rings is 2. The zero-order chi connectivity index (χ0) is 20.1. The number of thioether (sulfide) groups is 1. The highest BCUT2D eigenvalue weighted by molar-refractivity contribution is 7.99. The zero-order valence-electron chi connectivity index (χ0n) is 14.2. The van der Waals surface area contributed by atoms with E-state index in [-0.39, 0.29) is 11.4 Å². The van der Waals surface area contributed by atoms with Crippen molar-refractivity contribution in [2.45, 2.75) is 11.2 Å². The van der Waals surface area contributed by atoms with Gasteiger partial charge in [0.15, 0.2) is 0 Å². The summed E-state index contributed by atoms with van der Waals surface area (Å²) in [5.41, 5.74) is 0.324. The molecule has 3 aromatic rings. The minimum absolute atomic E-state index is 0.0961. The molecular formula is C19H13ClF3N3OS. The molecule has 0 atom stereocenters. The minimum atomic E-state index is -4.54. The molecule has 0 radical (unpaired) electrons. The van der Waals surface area contributed by atoms with E-state index in [9.17, 15) is 18.0 Å². The van der Waals surface area contributed by atoms with E-state index in [1.165, 1.54) is 18.2 Å². The lowest BCUT2D eigenvalue weighted by Crippen LogP contribution is -2.18. The van der Waals surface area contributed by atoms with Gasteiger partial charge in [0.2, 0.25) is 5.91 Å². The molecule has 0 aliphatic carbocycles. The number of halogens is 4. The highest BCUT2D eigenvalue weighted by Crippen LogP contribution is 2.34. The van der Waals surface area contributed by atoms with Crippen LogP contribution >= 0.6 is 23.4 Å². The summed E-state index contributed by atoms with van der Waals surface area (Å²) >= 11 is 6.93. The van der Waals surface area contributed by atoms with Crippen molar-refractivity contribution in [3.63, 3.8) is 0 Å². The Kier molecular flexibility index (Phi) is 6.21. The molecule has 0 saturated heterocycles. The Hall–Kier alpha value is -2.58. The molecule has 0 saturated carbocycles. The van der Waals surface area contributed by atoms with Gasteiger partial charge in [-0.25, -0.2) is 0 Å². The number of para-hydroxylation sites is 1. The summed E-state index contributed by atoms with van der Waals surface area (Å²) in [6.45, 7) is 0. The first-order chi connectivity index (χ1) is 13.3. The molecule has 1 N–H and O–H groups in total. The lowest BCUT2D eigenvalue weighted by atomic mass is 10.1. The number of nitrogens with one attached hydrogen (secondary N) is 1. The number of hydrogen-bond acceptors (Lipinski definition) is 4. The van der Waals surface area contributed by atoms with Gasteiger partial charge in [-0.15, -0.1) is 10.2 Å². The number of carbonyl (C=O) groups excluding carboxylic acids is 1. The lowest BCUT2D eigenvalue weighted by Gasteiger charge is -2.13. The van der Waals surface area contributed by atoms with Crippen LogP contribution in [0.15, 0.2) is 65.7 Å². The number of hydrogen-bond donors (Lipinski definition) is 1. The third-order valence-electron chi connectivity index (χ3n) is 3.64. The third kappa shape index (κ3) is 5.24. The van der Waals surface area contributed by atoms with E-state index in [1.807, 2.05) is 12.1 Å². The normalized spacial score (nSPS) is 11.3. The first kappa shape index (κ1) is 20.2. The maximum Gasteiger partial charge on any atom is 0.418 e. The molecule has 0 fully saturated rings. The Bertz CT molecular complexity index is 963. The highest BCUT2D eigenvalue weighted by atomic mass is 35.5. The van der Waals surface area contributed by atoms with Crippen LogP contribution in [-0.4, -0.2) is 21.9 Å². The number of carbonyl (C=O) groups is 1. The molecule has 4 nitrogen and oxygen atoms in total. The Morgan fingerprint density at radius 1 is 1.00 bits per heavy atom. The van der Waals surface area contributed by atoms with Gasteiger partial charge in [0, 0.05) is 10.6 Å². The fourth-order valence-electron chi connectivity index (χ4n) is 2.34. The van der Waals surface area contributed by atoms with Crippen LogP contribution in [0.2, 0.25) is 5.02 Å². The van der Waals surface area contributed by atoms with Crippen LogP contribution in [0.4, 0.5) is 18.9 Å². The number of amides is 1. The number of alkyl halides is 3. The van der Waals surface area contributed by atoms with Gasteiger partial charge in [-0.05, 0) is 36.4 Å². The van der Waals surface area contributed by atoms with Crippen molar-refractivity contribution in [1.29, 1.82) is 0 Å². The van der Waals surface area contributed by atoms with Crippen LogP contribution in [0.5, 0.6) is 0 Å². The topological polar surface area (TPSA) is 54.9 Å². The minimum Gasteiger partial charge on any atom is -0.325 e. The van der Waals surface area contributed by atoms with Crippen LogP contribution in [0.25, 0.3) is 11.3 Å². The first-order valence-electron chi connectivity index (χ1n) is 8.01. The molecule has 1 aromatic heterocycles. The van der Waals surface area contributed by atoms with E-state index in [4.69, 9.17) is 11.6 Å². The first-order valence-corrected chi connectivity index (χ1v) is 9.38. The van der Waals surface area contributed by atoms with Crippen molar-refractivity contribution >= 4 is 35.0 Å². The zero-order valence-corrected chi connectivity index (χ0v) is 15.8. The largest absolute Gasteiger partial charge is 0.418 e. The Labute approximate surface area is 168 Å². The van der Waals surface area contributed by atoms with Crippen LogP contribution in [0, 0.1) is 0 Å². The Balaban J connectivity index is 1.60. The summed E-state index contributed by atoms with van der Waals surface area (Å²) in [6.07, 6.45) is -4.54.